The van der Waals surface area contributed by atoms with Gasteiger partial charge in [0.2, 0.25) is 0 Å². The van der Waals surface area contributed by atoms with E-state index in [0.717, 1.165) is 74.6 Å². The maximum Gasteiger partial charge on any atom is 0.319 e. The van der Waals surface area contributed by atoms with Gasteiger partial charge < -0.3 is 31.1 Å². The summed E-state index contributed by atoms with van der Waals surface area (Å²) in [5, 5.41) is 12.1. The molecule has 0 atom stereocenters. The smallest absolute Gasteiger partial charge is 0.319 e. The summed E-state index contributed by atoms with van der Waals surface area (Å²) in [5.41, 5.74) is 3.75. The van der Waals surface area contributed by atoms with Crippen molar-refractivity contribution in [2.45, 2.75) is 150 Å². The van der Waals surface area contributed by atoms with E-state index in [1.165, 1.54) is 103 Å². The number of urea groups is 2. The van der Waals surface area contributed by atoms with E-state index in [9.17, 15) is 9.59 Å². The molecule has 2 rings (SSSR count). The molecule has 0 bridgehead atoms. The normalized spacial score (nSPS) is 11.3. The first-order valence-electron chi connectivity index (χ1n) is 21.7. The van der Waals surface area contributed by atoms with E-state index in [-0.39, 0.29) is 12.1 Å². The Balaban J connectivity index is 1.72. The van der Waals surface area contributed by atoms with Gasteiger partial charge in [0.25, 0.3) is 0 Å². The zero-order valence-corrected chi connectivity index (χ0v) is 34.4. The van der Waals surface area contributed by atoms with Crippen LogP contribution in [0.1, 0.15) is 154 Å². The summed E-state index contributed by atoms with van der Waals surface area (Å²) in [6.07, 6.45) is 23.4. The Bertz CT molecular complexity index is 1120. The number of anilines is 2. The molecule has 300 valence electrons. The van der Waals surface area contributed by atoms with Crippen LogP contribution in [0.25, 0.3) is 0 Å². The SMILES string of the molecule is CCCCCCCCN(CCCC)CCCNC(=O)Nc1cccc(Cc2cccc(NC(=O)NCCCN(CCCC)CCCCCCCC)c2)c1. The fraction of sp³-hybridized carbons (Fsp3) is 0.689. The van der Waals surface area contributed by atoms with Crippen LogP contribution in [0.15, 0.2) is 48.5 Å². The summed E-state index contributed by atoms with van der Waals surface area (Å²) in [5.74, 6) is 0. The molecule has 0 saturated carbocycles. The van der Waals surface area contributed by atoms with Crippen molar-refractivity contribution in [3.63, 3.8) is 0 Å². The van der Waals surface area contributed by atoms with E-state index >= 15 is 0 Å². The Hall–Kier alpha value is -3.10. The van der Waals surface area contributed by atoms with E-state index in [0.29, 0.717) is 19.5 Å². The summed E-state index contributed by atoms with van der Waals surface area (Å²) >= 11 is 0. The first-order chi connectivity index (χ1) is 26.0. The third-order valence-corrected chi connectivity index (χ3v) is 9.96. The maximum absolute atomic E-state index is 12.7. The number of hydrogen-bond acceptors (Lipinski definition) is 4. The van der Waals surface area contributed by atoms with Gasteiger partial charge >= 0.3 is 12.1 Å². The van der Waals surface area contributed by atoms with Crippen LogP contribution in [-0.4, -0.2) is 74.2 Å². The largest absolute Gasteiger partial charge is 0.338 e. The van der Waals surface area contributed by atoms with E-state index in [1.54, 1.807) is 0 Å². The van der Waals surface area contributed by atoms with Crippen molar-refractivity contribution in [2.75, 3.05) is 63.0 Å². The lowest BCUT2D eigenvalue weighted by Gasteiger charge is -2.22. The quantitative estimate of drug-likeness (QED) is 0.0564. The number of carbonyl (C=O) groups is 2. The molecule has 0 radical (unpaired) electrons. The molecular formula is C45H78N6O2. The Morgan fingerprint density at radius 3 is 1.23 bits per heavy atom. The van der Waals surface area contributed by atoms with Crippen LogP contribution in [0.3, 0.4) is 0 Å². The molecule has 0 saturated heterocycles. The zero-order valence-electron chi connectivity index (χ0n) is 34.4. The van der Waals surface area contributed by atoms with Crippen molar-refractivity contribution >= 4 is 23.4 Å². The molecule has 0 spiro atoms. The molecule has 4 N–H and O–H groups in total. The first kappa shape index (κ1) is 46.1. The average Bonchev–Trinajstić information content (AvgIpc) is 3.15. The lowest BCUT2D eigenvalue weighted by molar-refractivity contribution is 0.245. The highest BCUT2D eigenvalue weighted by molar-refractivity contribution is 5.90. The highest BCUT2D eigenvalue weighted by Crippen LogP contribution is 2.18. The fourth-order valence-electron chi connectivity index (χ4n) is 6.78. The molecule has 0 aliphatic rings. The molecule has 8 heteroatoms. The lowest BCUT2D eigenvalue weighted by atomic mass is 10.0. The molecule has 0 heterocycles. The maximum atomic E-state index is 12.7. The number of nitrogens with zero attached hydrogens (tertiary/aromatic N) is 2. The molecule has 0 fully saturated rings. The van der Waals surface area contributed by atoms with Gasteiger partial charge in [0.05, 0.1) is 0 Å². The molecule has 0 aliphatic carbocycles. The molecule has 2 aromatic rings. The number of benzene rings is 2. The molecule has 4 amide bonds. The lowest BCUT2D eigenvalue weighted by Crippen LogP contribution is -2.33. The second-order valence-electron chi connectivity index (χ2n) is 15.0. The summed E-state index contributed by atoms with van der Waals surface area (Å²) < 4.78 is 0. The van der Waals surface area contributed by atoms with Crippen molar-refractivity contribution in [1.29, 1.82) is 0 Å². The van der Waals surface area contributed by atoms with Crippen LogP contribution in [0, 0.1) is 0 Å². The van der Waals surface area contributed by atoms with Crippen LogP contribution in [-0.2, 0) is 6.42 Å². The van der Waals surface area contributed by atoms with Gasteiger partial charge in [0.1, 0.15) is 0 Å². The molecule has 2 aromatic carbocycles. The van der Waals surface area contributed by atoms with Gasteiger partial charge in [-0.05, 0) is 120 Å². The number of hydrogen-bond donors (Lipinski definition) is 4. The predicted octanol–water partition coefficient (Wildman–Crippen LogP) is 11.2. The van der Waals surface area contributed by atoms with Gasteiger partial charge in [-0.3, -0.25) is 0 Å². The summed E-state index contributed by atoms with van der Waals surface area (Å²) in [6, 6.07) is 15.7. The van der Waals surface area contributed by atoms with E-state index in [4.69, 9.17) is 0 Å². The Kier molecular flexibility index (Phi) is 27.2. The number of carbonyl (C=O) groups excluding carboxylic acids is 2. The van der Waals surface area contributed by atoms with Crippen molar-refractivity contribution < 1.29 is 9.59 Å². The number of rotatable bonds is 32. The van der Waals surface area contributed by atoms with Gasteiger partial charge in [0, 0.05) is 24.5 Å². The fourth-order valence-corrected chi connectivity index (χ4v) is 6.78. The first-order valence-corrected chi connectivity index (χ1v) is 21.7. The summed E-state index contributed by atoms with van der Waals surface area (Å²) in [6.45, 7) is 17.0. The highest BCUT2D eigenvalue weighted by atomic mass is 16.2. The van der Waals surface area contributed by atoms with E-state index in [1.807, 2.05) is 36.4 Å². The van der Waals surface area contributed by atoms with Crippen molar-refractivity contribution in [2.24, 2.45) is 0 Å². The van der Waals surface area contributed by atoms with Gasteiger partial charge in [0.15, 0.2) is 0 Å². The van der Waals surface area contributed by atoms with Crippen LogP contribution >= 0.6 is 0 Å². The van der Waals surface area contributed by atoms with Crippen LogP contribution in [0.4, 0.5) is 21.0 Å². The van der Waals surface area contributed by atoms with Gasteiger partial charge in [-0.15, -0.1) is 0 Å². The second kappa shape index (κ2) is 31.3. The second-order valence-corrected chi connectivity index (χ2v) is 15.0. The van der Waals surface area contributed by atoms with Gasteiger partial charge in [-0.1, -0.05) is 129 Å². The minimum atomic E-state index is -0.165. The van der Waals surface area contributed by atoms with Crippen LogP contribution in [0.2, 0.25) is 0 Å². The Morgan fingerprint density at radius 1 is 0.453 bits per heavy atom. The summed E-state index contributed by atoms with van der Waals surface area (Å²) in [4.78, 5) is 30.6. The van der Waals surface area contributed by atoms with Crippen LogP contribution in [0.5, 0.6) is 0 Å². The molecule has 0 aliphatic heterocycles. The summed E-state index contributed by atoms with van der Waals surface area (Å²) in [7, 11) is 0. The van der Waals surface area contributed by atoms with Crippen molar-refractivity contribution in [3.8, 4) is 0 Å². The minimum absolute atomic E-state index is 0.165. The van der Waals surface area contributed by atoms with E-state index in [2.05, 4.69) is 70.9 Å². The average molecular weight is 735 g/mol. The van der Waals surface area contributed by atoms with Crippen LogP contribution < -0.4 is 21.3 Å². The Morgan fingerprint density at radius 2 is 0.811 bits per heavy atom. The third kappa shape index (κ3) is 24.0. The van der Waals surface area contributed by atoms with Gasteiger partial charge in [-0.25, -0.2) is 9.59 Å². The number of nitrogens with one attached hydrogen (secondary N) is 4. The number of amides is 4. The van der Waals surface area contributed by atoms with Crippen molar-refractivity contribution in [3.05, 3.63) is 59.7 Å². The third-order valence-electron chi connectivity index (χ3n) is 9.96. The minimum Gasteiger partial charge on any atom is -0.338 e. The topological polar surface area (TPSA) is 88.7 Å². The molecule has 0 aromatic heterocycles. The molecule has 8 nitrogen and oxygen atoms in total. The Labute approximate surface area is 325 Å². The monoisotopic (exact) mass is 735 g/mol. The highest BCUT2D eigenvalue weighted by Gasteiger charge is 2.09. The standard InChI is InChI=1S/C45H78N6O2/c1-5-9-13-15-17-19-33-50(31-11-7-3)35-23-29-46-44(52)48-42-27-21-25-40(38-42)37-41-26-22-28-43(39-41)49-45(53)47-30-24-36-51(32-12-8-4)34-20-18-16-14-10-6-2/h21-22,25-28,38-39H,5-20,23-24,29-37H2,1-4H3,(H2,46,48,52)(H2,47,49,53). The van der Waals surface area contributed by atoms with Gasteiger partial charge in [-0.2, -0.15) is 0 Å². The predicted molar refractivity (Wildman–Crippen MR) is 228 cm³/mol. The number of unbranched alkanes of at least 4 members (excludes halogenated alkanes) is 12. The molecule has 53 heavy (non-hydrogen) atoms. The zero-order chi connectivity index (χ0) is 38.2. The molecule has 0 unspecified atom stereocenters. The van der Waals surface area contributed by atoms with E-state index < -0.39 is 0 Å². The molecular weight excluding hydrogens is 657 g/mol. The van der Waals surface area contributed by atoms with Crippen molar-refractivity contribution in [1.82, 2.24) is 20.4 Å².